The zero-order valence-electron chi connectivity index (χ0n) is 15.3. The number of benzene rings is 1. The monoisotopic (exact) mass is 374 g/mol. The molecule has 1 aromatic carbocycles. The molecule has 1 aliphatic heterocycles. The van der Waals surface area contributed by atoms with E-state index in [4.69, 9.17) is 4.74 Å². The minimum atomic E-state index is -0.897. The molecule has 2 aromatic rings. The number of hydrogen-bond donors (Lipinski definition) is 1. The van der Waals surface area contributed by atoms with Gasteiger partial charge in [-0.1, -0.05) is 13.0 Å². The Hall–Kier alpha value is -2.21. The van der Waals surface area contributed by atoms with Crippen molar-refractivity contribution in [1.29, 1.82) is 0 Å². The van der Waals surface area contributed by atoms with Crippen molar-refractivity contribution in [1.82, 2.24) is 9.88 Å². The van der Waals surface area contributed by atoms with E-state index in [2.05, 4.69) is 16.8 Å². The summed E-state index contributed by atoms with van der Waals surface area (Å²) < 4.78 is 32.9. The molecular formula is C21H24F2N2O2. The fraction of sp³-hybridized carbons (Fsp3) is 0.476. The van der Waals surface area contributed by atoms with E-state index in [-0.39, 0.29) is 23.5 Å². The normalized spacial score (nSPS) is 26.1. The Morgan fingerprint density at radius 1 is 1.19 bits per heavy atom. The third-order valence-corrected chi connectivity index (χ3v) is 5.80. The molecular weight excluding hydrogens is 350 g/mol. The van der Waals surface area contributed by atoms with E-state index in [1.807, 2.05) is 6.07 Å². The molecule has 1 aromatic heterocycles. The van der Waals surface area contributed by atoms with Crippen LogP contribution < -0.4 is 4.74 Å². The van der Waals surface area contributed by atoms with Crippen LogP contribution in [0.25, 0.3) is 0 Å². The number of pyridine rings is 1. The number of fused-ring (bicyclic) bond motifs is 1. The van der Waals surface area contributed by atoms with E-state index >= 15 is 0 Å². The van der Waals surface area contributed by atoms with E-state index in [0.29, 0.717) is 11.8 Å². The van der Waals surface area contributed by atoms with Crippen LogP contribution in [0.15, 0.2) is 36.5 Å². The van der Waals surface area contributed by atoms with Crippen LogP contribution in [-0.2, 0) is 0 Å². The van der Waals surface area contributed by atoms with Crippen molar-refractivity contribution in [2.75, 3.05) is 19.6 Å². The topological polar surface area (TPSA) is 45.6 Å². The molecule has 27 heavy (non-hydrogen) atoms. The summed E-state index contributed by atoms with van der Waals surface area (Å²) in [5.41, 5.74) is 0.979. The molecule has 0 bridgehead atoms. The Balaban J connectivity index is 1.30. The first-order chi connectivity index (χ1) is 13.0. The predicted molar refractivity (Wildman–Crippen MR) is 97.7 cm³/mol. The number of ether oxygens (including phenoxy) is 1. The summed E-state index contributed by atoms with van der Waals surface area (Å²) in [5.74, 6) is -0.206. The van der Waals surface area contributed by atoms with Gasteiger partial charge in [-0.25, -0.2) is 4.39 Å². The average Bonchev–Trinajstić information content (AvgIpc) is 3.17. The number of likely N-dealkylation sites (tertiary alicyclic amines) is 1. The third-order valence-electron chi connectivity index (χ3n) is 5.80. The molecule has 0 spiro atoms. The standard InChI is InChI=1S/C21H24F2N2O2/c1-13(19-6-5-16(26)9-24-19)10-25-11-14-7-17(8-15(14)12-25)27-20-4-2-3-18(22)21(20)23/h2-6,9,13-15,17,26H,7-8,10-12H2,1H3/t13?,14-,15+,17+. The molecule has 1 unspecified atom stereocenters. The lowest BCUT2D eigenvalue weighted by Gasteiger charge is -2.23. The van der Waals surface area contributed by atoms with Crippen LogP contribution in [0.5, 0.6) is 11.5 Å². The Morgan fingerprint density at radius 3 is 2.59 bits per heavy atom. The molecule has 2 heterocycles. The summed E-state index contributed by atoms with van der Waals surface area (Å²) in [6, 6.07) is 7.61. The molecule has 144 valence electrons. The second kappa shape index (κ2) is 7.43. The van der Waals surface area contributed by atoms with Crippen molar-refractivity contribution < 1.29 is 18.6 Å². The van der Waals surface area contributed by atoms with Gasteiger partial charge in [0.25, 0.3) is 0 Å². The minimum Gasteiger partial charge on any atom is -0.506 e. The van der Waals surface area contributed by atoms with Crippen molar-refractivity contribution in [3.8, 4) is 11.5 Å². The van der Waals surface area contributed by atoms with Crippen molar-refractivity contribution in [2.24, 2.45) is 11.8 Å². The Kier molecular flexibility index (Phi) is 5.00. The number of aromatic nitrogens is 1. The number of halogens is 2. The summed E-state index contributed by atoms with van der Waals surface area (Å²) in [7, 11) is 0. The first kappa shape index (κ1) is 18.2. The second-order valence-corrected chi connectivity index (χ2v) is 7.84. The Labute approximate surface area is 157 Å². The summed E-state index contributed by atoms with van der Waals surface area (Å²) in [6.07, 6.45) is 3.19. The maximum absolute atomic E-state index is 13.8. The van der Waals surface area contributed by atoms with Crippen LogP contribution in [0.4, 0.5) is 8.78 Å². The molecule has 1 N–H and O–H groups in total. The van der Waals surface area contributed by atoms with E-state index in [0.717, 1.165) is 44.2 Å². The smallest absolute Gasteiger partial charge is 0.200 e. The van der Waals surface area contributed by atoms with Gasteiger partial charge in [0.2, 0.25) is 5.82 Å². The second-order valence-electron chi connectivity index (χ2n) is 7.84. The predicted octanol–water partition coefficient (Wildman–Crippen LogP) is 3.96. The van der Waals surface area contributed by atoms with E-state index < -0.39 is 11.6 Å². The van der Waals surface area contributed by atoms with Gasteiger partial charge in [-0.2, -0.15) is 4.39 Å². The highest BCUT2D eigenvalue weighted by molar-refractivity contribution is 5.25. The molecule has 2 aliphatic rings. The molecule has 2 fully saturated rings. The fourth-order valence-electron chi connectivity index (χ4n) is 4.51. The molecule has 0 amide bonds. The first-order valence-electron chi connectivity index (χ1n) is 9.47. The SMILES string of the molecule is CC(CN1C[C@H]2C[C@H](Oc3cccc(F)c3F)C[C@H]2C1)c1ccc(O)cn1. The third kappa shape index (κ3) is 3.90. The van der Waals surface area contributed by atoms with Crippen molar-refractivity contribution >= 4 is 0 Å². The van der Waals surface area contributed by atoms with Gasteiger partial charge in [-0.05, 0) is 48.9 Å². The van der Waals surface area contributed by atoms with Gasteiger partial charge in [0.1, 0.15) is 5.75 Å². The highest BCUT2D eigenvalue weighted by Crippen LogP contribution is 2.40. The van der Waals surface area contributed by atoms with E-state index in [1.54, 1.807) is 6.07 Å². The maximum atomic E-state index is 13.8. The van der Waals surface area contributed by atoms with Gasteiger partial charge < -0.3 is 14.7 Å². The zero-order chi connectivity index (χ0) is 19.0. The molecule has 6 heteroatoms. The molecule has 1 aliphatic carbocycles. The molecule has 4 nitrogen and oxygen atoms in total. The van der Waals surface area contributed by atoms with E-state index in [1.165, 1.54) is 18.3 Å². The van der Waals surface area contributed by atoms with Gasteiger partial charge >= 0.3 is 0 Å². The van der Waals surface area contributed by atoms with Gasteiger partial charge in [0, 0.05) is 31.2 Å². The van der Waals surface area contributed by atoms with Crippen LogP contribution in [0, 0.1) is 23.5 Å². The molecule has 4 atom stereocenters. The van der Waals surface area contributed by atoms with Gasteiger partial charge in [-0.3, -0.25) is 4.98 Å². The van der Waals surface area contributed by atoms with Gasteiger partial charge in [0.05, 0.1) is 12.3 Å². The number of rotatable bonds is 5. The average molecular weight is 374 g/mol. The molecule has 1 saturated heterocycles. The van der Waals surface area contributed by atoms with Crippen LogP contribution in [0.3, 0.4) is 0 Å². The molecule has 4 rings (SSSR count). The fourth-order valence-corrected chi connectivity index (χ4v) is 4.51. The van der Waals surface area contributed by atoms with Crippen LogP contribution in [0.1, 0.15) is 31.4 Å². The quantitative estimate of drug-likeness (QED) is 0.861. The van der Waals surface area contributed by atoms with Crippen molar-refractivity contribution in [2.45, 2.75) is 31.8 Å². The Bertz CT molecular complexity index is 785. The number of hydrogen-bond acceptors (Lipinski definition) is 4. The maximum Gasteiger partial charge on any atom is 0.200 e. The van der Waals surface area contributed by atoms with E-state index in [9.17, 15) is 13.9 Å². The highest BCUT2D eigenvalue weighted by Gasteiger charge is 2.42. The number of nitrogens with zero attached hydrogens (tertiary/aromatic N) is 2. The minimum absolute atomic E-state index is 0.0175. The van der Waals surface area contributed by atoms with Crippen molar-refractivity contribution in [3.05, 3.63) is 53.9 Å². The first-order valence-corrected chi connectivity index (χ1v) is 9.47. The lowest BCUT2D eigenvalue weighted by molar-refractivity contribution is 0.175. The van der Waals surface area contributed by atoms with Crippen molar-refractivity contribution in [3.63, 3.8) is 0 Å². The molecule has 0 radical (unpaired) electrons. The Morgan fingerprint density at radius 2 is 1.93 bits per heavy atom. The summed E-state index contributed by atoms with van der Waals surface area (Å²) >= 11 is 0. The molecule has 1 saturated carbocycles. The highest BCUT2D eigenvalue weighted by atomic mass is 19.2. The van der Waals surface area contributed by atoms with Crippen LogP contribution >= 0.6 is 0 Å². The summed E-state index contributed by atoms with van der Waals surface area (Å²) in [4.78, 5) is 6.76. The van der Waals surface area contributed by atoms with Crippen LogP contribution in [0.2, 0.25) is 0 Å². The number of aromatic hydroxyl groups is 1. The van der Waals surface area contributed by atoms with Gasteiger partial charge in [0.15, 0.2) is 11.6 Å². The van der Waals surface area contributed by atoms with Crippen LogP contribution in [-0.4, -0.2) is 40.7 Å². The largest absolute Gasteiger partial charge is 0.506 e. The zero-order valence-corrected chi connectivity index (χ0v) is 15.3. The lowest BCUT2D eigenvalue weighted by atomic mass is 10.0. The summed E-state index contributed by atoms with van der Waals surface area (Å²) in [5, 5.41) is 9.37. The summed E-state index contributed by atoms with van der Waals surface area (Å²) in [6.45, 7) is 5.07. The van der Waals surface area contributed by atoms with Gasteiger partial charge in [-0.15, -0.1) is 0 Å². The lowest BCUT2D eigenvalue weighted by Crippen LogP contribution is -2.28.